The predicted molar refractivity (Wildman–Crippen MR) is 75.3 cm³/mol. The molecule has 0 atom stereocenters. The second-order valence-electron chi connectivity index (χ2n) is 4.58. The summed E-state index contributed by atoms with van der Waals surface area (Å²) >= 11 is 1.57. The van der Waals surface area contributed by atoms with Gasteiger partial charge in [0.15, 0.2) is 0 Å². The monoisotopic (exact) mass is 316 g/mol. The van der Waals surface area contributed by atoms with Gasteiger partial charge in [0.25, 0.3) is 0 Å². The van der Waals surface area contributed by atoms with Crippen LogP contribution in [-0.4, -0.2) is 21.1 Å². The van der Waals surface area contributed by atoms with Crippen molar-refractivity contribution in [3.05, 3.63) is 33.5 Å². The van der Waals surface area contributed by atoms with Crippen LogP contribution >= 0.6 is 11.3 Å². The average Bonchev–Trinajstić information content (AvgIpc) is 2.72. The summed E-state index contributed by atoms with van der Waals surface area (Å²) in [6.07, 6.45) is -3.72. The van der Waals surface area contributed by atoms with Gasteiger partial charge in [-0.1, -0.05) is 0 Å². The van der Waals surface area contributed by atoms with E-state index in [0.29, 0.717) is 18.2 Å². The molecule has 2 aromatic rings. The van der Waals surface area contributed by atoms with Gasteiger partial charge in [-0.15, -0.1) is 11.3 Å². The van der Waals surface area contributed by atoms with Gasteiger partial charge in [0.2, 0.25) is 5.95 Å². The van der Waals surface area contributed by atoms with Crippen molar-refractivity contribution < 1.29 is 13.2 Å². The maximum atomic E-state index is 12.2. The van der Waals surface area contributed by atoms with E-state index in [2.05, 4.69) is 20.3 Å². The summed E-state index contributed by atoms with van der Waals surface area (Å²) in [5, 5.41) is 4.00. The smallest absolute Gasteiger partial charge is 0.349 e. The first-order chi connectivity index (χ1) is 9.83. The number of aryl methyl sites for hydroxylation is 3. The minimum atomic E-state index is -4.17. The molecule has 2 heterocycles. The molecule has 21 heavy (non-hydrogen) atoms. The number of rotatable bonds is 5. The molecule has 2 rings (SSSR count). The highest BCUT2D eigenvalue weighted by Crippen LogP contribution is 2.22. The Morgan fingerprint density at radius 2 is 2.00 bits per heavy atom. The molecule has 0 radical (unpaired) electrons. The molecule has 0 spiro atoms. The minimum Gasteiger partial charge on any atom is -0.349 e. The molecule has 0 aliphatic heterocycles. The van der Waals surface area contributed by atoms with Crippen molar-refractivity contribution in [1.29, 1.82) is 0 Å². The zero-order valence-corrected chi connectivity index (χ0v) is 12.5. The van der Waals surface area contributed by atoms with Gasteiger partial charge in [-0.3, -0.25) is 0 Å². The van der Waals surface area contributed by atoms with Crippen LogP contribution in [0.5, 0.6) is 0 Å². The Morgan fingerprint density at radius 3 is 2.62 bits per heavy atom. The molecule has 0 unspecified atom stereocenters. The zero-order chi connectivity index (χ0) is 15.5. The standard InChI is InChI=1S/C13H15F3N4S/c1-8-11(21-9(2)19-8)7-18-12-17-6-4-10(20-12)3-5-13(14,15)16/h4,6H,3,5,7H2,1-2H3,(H,17,18,20). The maximum absolute atomic E-state index is 12.2. The number of anilines is 1. The molecular formula is C13H15F3N4S. The van der Waals surface area contributed by atoms with E-state index in [1.807, 2.05) is 13.8 Å². The first-order valence-corrected chi connectivity index (χ1v) is 7.20. The van der Waals surface area contributed by atoms with E-state index >= 15 is 0 Å². The van der Waals surface area contributed by atoms with E-state index in [0.717, 1.165) is 15.6 Å². The van der Waals surface area contributed by atoms with Crippen molar-refractivity contribution in [3.63, 3.8) is 0 Å². The topological polar surface area (TPSA) is 50.7 Å². The number of aromatic nitrogens is 3. The Morgan fingerprint density at radius 1 is 1.24 bits per heavy atom. The molecule has 0 saturated carbocycles. The molecule has 8 heteroatoms. The molecule has 0 amide bonds. The van der Waals surface area contributed by atoms with Crippen LogP contribution in [0.3, 0.4) is 0 Å². The third-order valence-electron chi connectivity index (χ3n) is 2.78. The van der Waals surface area contributed by atoms with Crippen molar-refractivity contribution in [1.82, 2.24) is 15.0 Å². The zero-order valence-electron chi connectivity index (χ0n) is 11.7. The van der Waals surface area contributed by atoms with E-state index < -0.39 is 12.6 Å². The lowest BCUT2D eigenvalue weighted by molar-refractivity contribution is -0.134. The van der Waals surface area contributed by atoms with Crippen LogP contribution in [0.1, 0.15) is 27.7 Å². The van der Waals surface area contributed by atoms with Crippen LogP contribution in [-0.2, 0) is 13.0 Å². The average molecular weight is 316 g/mol. The maximum Gasteiger partial charge on any atom is 0.389 e. The third kappa shape index (κ3) is 4.96. The SMILES string of the molecule is Cc1nc(C)c(CNc2nccc(CCC(F)(F)F)n2)s1. The fourth-order valence-corrected chi connectivity index (χ4v) is 2.66. The Balaban J connectivity index is 1.96. The molecule has 2 aromatic heterocycles. The fraction of sp³-hybridized carbons (Fsp3) is 0.462. The molecule has 0 bridgehead atoms. The predicted octanol–water partition coefficient (Wildman–Crippen LogP) is 3.66. The largest absolute Gasteiger partial charge is 0.389 e. The summed E-state index contributed by atoms with van der Waals surface area (Å²) in [6.45, 7) is 4.36. The van der Waals surface area contributed by atoms with Crippen LogP contribution in [0.25, 0.3) is 0 Å². The van der Waals surface area contributed by atoms with Gasteiger partial charge in [0.1, 0.15) is 0 Å². The Bertz CT molecular complexity index is 610. The van der Waals surface area contributed by atoms with E-state index in [-0.39, 0.29) is 6.42 Å². The number of thiazole rings is 1. The molecule has 0 aromatic carbocycles. The summed E-state index contributed by atoms with van der Waals surface area (Å²) in [7, 11) is 0. The van der Waals surface area contributed by atoms with Crippen molar-refractivity contribution in [2.75, 3.05) is 5.32 Å². The Kier molecular flexibility index (Phi) is 4.76. The van der Waals surface area contributed by atoms with Crippen LogP contribution in [0.4, 0.5) is 19.1 Å². The normalized spacial score (nSPS) is 11.7. The van der Waals surface area contributed by atoms with Crippen LogP contribution in [0, 0.1) is 13.8 Å². The van der Waals surface area contributed by atoms with Gasteiger partial charge in [0.05, 0.1) is 17.2 Å². The quantitative estimate of drug-likeness (QED) is 0.914. The van der Waals surface area contributed by atoms with Crippen LogP contribution < -0.4 is 5.32 Å². The van der Waals surface area contributed by atoms with Crippen molar-refractivity contribution in [2.45, 2.75) is 39.4 Å². The highest BCUT2D eigenvalue weighted by atomic mass is 32.1. The van der Waals surface area contributed by atoms with Gasteiger partial charge in [-0.05, 0) is 26.3 Å². The number of nitrogens with zero attached hydrogens (tertiary/aromatic N) is 3. The van der Waals surface area contributed by atoms with Gasteiger partial charge in [-0.2, -0.15) is 13.2 Å². The third-order valence-corrected chi connectivity index (χ3v) is 3.86. The van der Waals surface area contributed by atoms with Crippen molar-refractivity contribution >= 4 is 17.3 Å². The van der Waals surface area contributed by atoms with Gasteiger partial charge >= 0.3 is 6.18 Å². The van der Waals surface area contributed by atoms with E-state index in [1.54, 1.807) is 11.3 Å². The lowest BCUT2D eigenvalue weighted by Crippen LogP contribution is -2.10. The van der Waals surface area contributed by atoms with Gasteiger partial charge in [-0.25, -0.2) is 15.0 Å². The summed E-state index contributed by atoms with van der Waals surface area (Å²) < 4.78 is 36.6. The fourth-order valence-electron chi connectivity index (χ4n) is 1.79. The second kappa shape index (κ2) is 6.38. The van der Waals surface area contributed by atoms with E-state index in [9.17, 15) is 13.2 Å². The molecule has 0 fully saturated rings. The number of hydrogen-bond acceptors (Lipinski definition) is 5. The summed E-state index contributed by atoms with van der Waals surface area (Å²) in [5.74, 6) is 0.333. The highest BCUT2D eigenvalue weighted by Gasteiger charge is 2.26. The van der Waals surface area contributed by atoms with Gasteiger partial charge < -0.3 is 5.32 Å². The molecular weight excluding hydrogens is 301 g/mol. The summed E-state index contributed by atoms with van der Waals surface area (Å²) in [5.41, 5.74) is 1.32. The molecule has 114 valence electrons. The lowest BCUT2D eigenvalue weighted by Gasteiger charge is -2.07. The number of alkyl halides is 3. The molecule has 0 aliphatic rings. The van der Waals surface area contributed by atoms with Crippen LogP contribution in [0.15, 0.2) is 12.3 Å². The molecule has 0 aliphatic carbocycles. The second-order valence-corrected chi connectivity index (χ2v) is 5.87. The summed E-state index contributed by atoms with van der Waals surface area (Å²) in [4.78, 5) is 13.5. The van der Waals surface area contributed by atoms with Gasteiger partial charge in [0, 0.05) is 23.2 Å². The first kappa shape index (κ1) is 15.7. The molecule has 1 N–H and O–H groups in total. The molecule has 4 nitrogen and oxygen atoms in total. The number of halogens is 3. The Hall–Kier alpha value is -1.70. The highest BCUT2D eigenvalue weighted by molar-refractivity contribution is 7.11. The number of hydrogen-bond donors (Lipinski definition) is 1. The Labute approximate surface area is 124 Å². The first-order valence-electron chi connectivity index (χ1n) is 6.39. The minimum absolute atomic E-state index is 0.139. The van der Waals surface area contributed by atoms with E-state index in [4.69, 9.17) is 0 Å². The molecule has 0 saturated heterocycles. The van der Waals surface area contributed by atoms with E-state index in [1.165, 1.54) is 12.3 Å². The number of nitrogens with one attached hydrogen (secondary N) is 1. The van der Waals surface area contributed by atoms with Crippen molar-refractivity contribution in [2.24, 2.45) is 0 Å². The lowest BCUT2D eigenvalue weighted by atomic mass is 10.2. The summed E-state index contributed by atoms with van der Waals surface area (Å²) in [6, 6.07) is 1.50. The van der Waals surface area contributed by atoms with Crippen molar-refractivity contribution in [3.8, 4) is 0 Å². The van der Waals surface area contributed by atoms with Crippen LogP contribution in [0.2, 0.25) is 0 Å².